The first kappa shape index (κ1) is 14.9. The minimum Gasteiger partial charge on any atom is -0.468 e. The molecule has 2 N–H and O–H groups in total. The van der Waals surface area contributed by atoms with E-state index in [-0.39, 0.29) is 11.9 Å². The molecule has 110 valence electrons. The monoisotopic (exact) mass is 299 g/mol. The Morgan fingerprint density at radius 3 is 3.05 bits per heavy atom. The standard InChI is InChI=1S/C12H17N3O4S/c1-7(16)13-12-14-8(6-20-12)4-15-5-9(17)3-10(15)11(18)19-2/h6,9-10,17H,3-5H2,1-2H3,(H,13,14,16). The lowest BCUT2D eigenvalue weighted by Gasteiger charge is -2.20. The average Bonchev–Trinajstić information content (AvgIpc) is 2.95. The van der Waals surface area contributed by atoms with E-state index in [0.717, 1.165) is 5.69 Å². The van der Waals surface area contributed by atoms with Gasteiger partial charge in [-0.3, -0.25) is 14.5 Å². The molecule has 1 aromatic rings. The predicted octanol–water partition coefficient (Wildman–Crippen LogP) is 0.210. The van der Waals surface area contributed by atoms with Crippen molar-refractivity contribution in [3.8, 4) is 0 Å². The quantitative estimate of drug-likeness (QED) is 0.772. The van der Waals surface area contributed by atoms with Gasteiger partial charge in [-0.05, 0) is 0 Å². The first-order valence-electron chi connectivity index (χ1n) is 6.21. The lowest BCUT2D eigenvalue weighted by molar-refractivity contribution is -0.146. The number of aliphatic hydroxyl groups is 1. The molecule has 2 heterocycles. The highest BCUT2D eigenvalue weighted by atomic mass is 32.1. The number of esters is 1. The maximum Gasteiger partial charge on any atom is 0.323 e. The number of ether oxygens (including phenoxy) is 1. The highest BCUT2D eigenvalue weighted by Crippen LogP contribution is 2.23. The summed E-state index contributed by atoms with van der Waals surface area (Å²) in [5.41, 5.74) is 0.752. The van der Waals surface area contributed by atoms with Gasteiger partial charge >= 0.3 is 5.97 Å². The first-order valence-corrected chi connectivity index (χ1v) is 7.09. The molecule has 7 nitrogen and oxygen atoms in total. The Hall–Kier alpha value is -1.51. The van der Waals surface area contributed by atoms with Crippen LogP contribution in [0.25, 0.3) is 0 Å². The van der Waals surface area contributed by atoms with Gasteiger partial charge in [-0.15, -0.1) is 11.3 Å². The average molecular weight is 299 g/mol. The van der Waals surface area contributed by atoms with Crippen molar-refractivity contribution < 1.29 is 19.4 Å². The summed E-state index contributed by atoms with van der Waals surface area (Å²) in [5, 5.41) is 14.7. The molecule has 20 heavy (non-hydrogen) atoms. The number of methoxy groups -OCH3 is 1. The number of hydrogen-bond donors (Lipinski definition) is 2. The number of anilines is 1. The van der Waals surface area contributed by atoms with E-state index >= 15 is 0 Å². The minimum atomic E-state index is -0.535. The van der Waals surface area contributed by atoms with Crippen LogP contribution in [0, 0.1) is 0 Å². The summed E-state index contributed by atoms with van der Waals surface area (Å²) in [6.07, 6.45) is -0.164. The van der Waals surface area contributed by atoms with Gasteiger partial charge in [0.15, 0.2) is 5.13 Å². The molecular formula is C12H17N3O4S. The van der Waals surface area contributed by atoms with Gasteiger partial charge in [0.25, 0.3) is 0 Å². The maximum atomic E-state index is 11.7. The summed E-state index contributed by atoms with van der Waals surface area (Å²) in [6, 6.07) is -0.444. The molecule has 1 fully saturated rings. The third-order valence-corrected chi connectivity index (χ3v) is 3.86. The van der Waals surface area contributed by atoms with Crippen LogP contribution in [0.1, 0.15) is 19.0 Å². The third kappa shape index (κ3) is 3.53. The number of rotatable bonds is 4. The Labute approximate surface area is 120 Å². The molecule has 2 atom stereocenters. The Kier molecular flexibility index (Phi) is 4.69. The summed E-state index contributed by atoms with van der Waals surface area (Å²) in [7, 11) is 1.34. The topological polar surface area (TPSA) is 91.8 Å². The molecule has 1 amide bonds. The molecule has 1 saturated heterocycles. The number of carbonyl (C=O) groups excluding carboxylic acids is 2. The van der Waals surface area contributed by atoms with Crippen LogP contribution >= 0.6 is 11.3 Å². The number of aromatic nitrogens is 1. The van der Waals surface area contributed by atoms with Crippen LogP contribution in [-0.4, -0.2) is 52.7 Å². The second-order valence-corrected chi connectivity index (χ2v) is 5.54. The molecule has 2 rings (SSSR count). The van der Waals surface area contributed by atoms with Crippen LogP contribution in [0.4, 0.5) is 5.13 Å². The van der Waals surface area contributed by atoms with E-state index in [1.165, 1.54) is 25.4 Å². The van der Waals surface area contributed by atoms with Crippen molar-refractivity contribution >= 4 is 28.3 Å². The highest BCUT2D eigenvalue weighted by molar-refractivity contribution is 7.13. The summed E-state index contributed by atoms with van der Waals surface area (Å²) in [6.45, 7) is 2.27. The van der Waals surface area contributed by atoms with E-state index in [1.807, 2.05) is 10.3 Å². The van der Waals surface area contributed by atoms with Gasteiger partial charge in [0.2, 0.25) is 5.91 Å². The number of thiazole rings is 1. The molecule has 8 heteroatoms. The SMILES string of the molecule is COC(=O)C1CC(O)CN1Cc1csc(NC(C)=O)n1. The fourth-order valence-electron chi connectivity index (χ4n) is 2.23. The van der Waals surface area contributed by atoms with Gasteiger partial charge in [0.05, 0.1) is 18.9 Å². The molecule has 1 aliphatic rings. The van der Waals surface area contributed by atoms with Crippen LogP contribution in [0.15, 0.2) is 5.38 Å². The number of amides is 1. The second kappa shape index (κ2) is 6.29. The molecule has 0 spiro atoms. The van der Waals surface area contributed by atoms with Crippen molar-refractivity contribution in [2.75, 3.05) is 19.0 Å². The van der Waals surface area contributed by atoms with E-state index < -0.39 is 12.1 Å². The zero-order valence-electron chi connectivity index (χ0n) is 11.3. The lowest BCUT2D eigenvalue weighted by Crippen LogP contribution is -2.36. The Morgan fingerprint density at radius 1 is 1.65 bits per heavy atom. The smallest absolute Gasteiger partial charge is 0.323 e. The van der Waals surface area contributed by atoms with E-state index in [0.29, 0.717) is 24.6 Å². The van der Waals surface area contributed by atoms with E-state index in [2.05, 4.69) is 10.3 Å². The van der Waals surface area contributed by atoms with Crippen molar-refractivity contribution in [2.24, 2.45) is 0 Å². The zero-order valence-corrected chi connectivity index (χ0v) is 12.1. The van der Waals surface area contributed by atoms with E-state index in [9.17, 15) is 14.7 Å². The maximum absolute atomic E-state index is 11.7. The lowest BCUT2D eigenvalue weighted by atomic mass is 10.2. The molecule has 0 saturated carbocycles. The number of nitrogens with zero attached hydrogens (tertiary/aromatic N) is 2. The molecular weight excluding hydrogens is 282 g/mol. The number of carbonyl (C=O) groups is 2. The molecule has 0 aliphatic carbocycles. The predicted molar refractivity (Wildman–Crippen MR) is 73.3 cm³/mol. The highest BCUT2D eigenvalue weighted by Gasteiger charge is 2.36. The largest absolute Gasteiger partial charge is 0.468 e. The summed E-state index contributed by atoms with van der Waals surface area (Å²) in [4.78, 5) is 28.7. The molecule has 1 aromatic heterocycles. The third-order valence-electron chi connectivity index (χ3n) is 3.05. The van der Waals surface area contributed by atoms with Crippen LogP contribution in [-0.2, 0) is 20.9 Å². The van der Waals surface area contributed by atoms with Gasteiger partial charge in [-0.2, -0.15) is 0 Å². The fraction of sp³-hybridized carbons (Fsp3) is 0.583. The van der Waals surface area contributed by atoms with E-state index in [1.54, 1.807) is 0 Å². The van der Waals surface area contributed by atoms with Gasteiger partial charge in [0.1, 0.15) is 6.04 Å². The molecule has 0 bridgehead atoms. The van der Waals surface area contributed by atoms with Crippen molar-refractivity contribution in [2.45, 2.75) is 32.0 Å². The minimum absolute atomic E-state index is 0.171. The number of β-amino-alcohol motifs (C(OH)–C–C–N with tert-alkyl or cyclic N) is 1. The van der Waals surface area contributed by atoms with Crippen molar-refractivity contribution in [3.05, 3.63) is 11.1 Å². The van der Waals surface area contributed by atoms with Crippen molar-refractivity contribution in [1.29, 1.82) is 0 Å². The zero-order chi connectivity index (χ0) is 14.7. The number of nitrogens with one attached hydrogen (secondary N) is 1. The van der Waals surface area contributed by atoms with Gasteiger partial charge in [-0.1, -0.05) is 0 Å². The molecule has 0 radical (unpaired) electrons. The Bertz CT molecular complexity index is 505. The number of aliphatic hydroxyl groups excluding tert-OH is 1. The van der Waals surface area contributed by atoms with Crippen LogP contribution < -0.4 is 5.32 Å². The van der Waals surface area contributed by atoms with E-state index in [4.69, 9.17) is 4.74 Å². The van der Waals surface area contributed by atoms with Gasteiger partial charge < -0.3 is 15.2 Å². The number of likely N-dealkylation sites (tertiary alicyclic amines) is 1. The molecule has 2 unspecified atom stereocenters. The second-order valence-electron chi connectivity index (χ2n) is 4.68. The van der Waals surface area contributed by atoms with Crippen LogP contribution in [0.2, 0.25) is 0 Å². The van der Waals surface area contributed by atoms with Crippen molar-refractivity contribution in [3.63, 3.8) is 0 Å². The molecule has 1 aliphatic heterocycles. The van der Waals surface area contributed by atoms with Gasteiger partial charge in [0, 0.05) is 31.8 Å². The summed E-state index contributed by atoms with van der Waals surface area (Å²) < 4.78 is 4.74. The number of hydrogen-bond acceptors (Lipinski definition) is 7. The Morgan fingerprint density at radius 2 is 2.40 bits per heavy atom. The van der Waals surface area contributed by atoms with Crippen LogP contribution in [0.5, 0.6) is 0 Å². The van der Waals surface area contributed by atoms with Crippen LogP contribution in [0.3, 0.4) is 0 Å². The summed E-state index contributed by atoms with van der Waals surface area (Å²) >= 11 is 1.33. The normalized spacial score (nSPS) is 22.8. The Balaban J connectivity index is 2.02. The first-order chi connectivity index (χ1) is 9.49. The van der Waals surface area contributed by atoms with Gasteiger partial charge in [-0.25, -0.2) is 4.98 Å². The van der Waals surface area contributed by atoms with Crippen molar-refractivity contribution in [1.82, 2.24) is 9.88 Å². The summed E-state index contributed by atoms with van der Waals surface area (Å²) in [5.74, 6) is -0.520. The molecule has 0 aromatic carbocycles. The fourth-order valence-corrected chi connectivity index (χ4v) is 2.98.